The average Bonchev–Trinajstić information content (AvgIpc) is 2.85. The highest BCUT2D eigenvalue weighted by molar-refractivity contribution is 6.31. The molecule has 0 aliphatic carbocycles. The van der Waals surface area contributed by atoms with Crippen molar-refractivity contribution in [3.05, 3.63) is 88.5 Å². The van der Waals surface area contributed by atoms with E-state index in [0.717, 1.165) is 28.4 Å². The van der Waals surface area contributed by atoms with E-state index in [1.165, 1.54) is 49.7 Å². The molecule has 2 aromatic carbocycles. The van der Waals surface area contributed by atoms with E-state index in [-0.39, 0.29) is 6.17 Å². The Hall–Kier alpha value is -2.07. The summed E-state index contributed by atoms with van der Waals surface area (Å²) in [6, 6.07) is 16.7. The Kier molecular flexibility index (Phi) is 13.1. The molecule has 4 heteroatoms. The lowest BCUT2D eigenvalue weighted by atomic mass is 9.97. The largest absolute Gasteiger partial charge is 0.366 e. The third-order valence-electron chi connectivity index (χ3n) is 6.27. The van der Waals surface area contributed by atoms with Gasteiger partial charge in [0.15, 0.2) is 0 Å². The number of piperidine rings is 1. The predicted molar refractivity (Wildman–Crippen MR) is 150 cm³/mol. The molecule has 2 aromatic rings. The van der Waals surface area contributed by atoms with Crippen molar-refractivity contribution < 1.29 is 0 Å². The van der Waals surface area contributed by atoms with Gasteiger partial charge >= 0.3 is 0 Å². The lowest BCUT2D eigenvalue weighted by Gasteiger charge is -2.27. The molecule has 0 bridgehead atoms. The molecule has 3 rings (SSSR count). The van der Waals surface area contributed by atoms with Crippen LogP contribution in [0.5, 0.6) is 0 Å². The Bertz CT molecular complexity index is 897. The van der Waals surface area contributed by atoms with Gasteiger partial charge in [0.2, 0.25) is 0 Å². The molecule has 1 fully saturated rings. The first kappa shape index (κ1) is 28.2. The SMILES string of the molecule is C=C(NC(/C=C(\C)C1CCCCN1)NCc1ccccc1Cl)c1ccccc1C.CCCCC. The van der Waals surface area contributed by atoms with Crippen LogP contribution in [-0.2, 0) is 6.54 Å². The third-order valence-corrected chi connectivity index (χ3v) is 6.64. The summed E-state index contributed by atoms with van der Waals surface area (Å²) in [7, 11) is 0. The molecule has 0 aromatic heterocycles. The second-order valence-corrected chi connectivity index (χ2v) is 9.56. The van der Waals surface area contributed by atoms with E-state index in [2.05, 4.69) is 86.6 Å². The molecule has 186 valence electrons. The standard InChI is InChI=1S/C25H32ClN3.C5H12/c1-18-10-4-6-12-22(18)20(3)29-25(16-19(2)24-14-8-9-15-27-24)28-17-21-11-5-7-13-23(21)26;1-3-5-4-2/h4-7,10-13,16,24-25,27-29H,3,8-9,14-15,17H2,1-2H3;3-5H2,1-2H3/b19-16+;. The normalized spacial score (nSPS) is 16.9. The fourth-order valence-electron chi connectivity index (χ4n) is 4.16. The number of rotatable bonds is 10. The number of aryl methyl sites for hydroxylation is 1. The van der Waals surface area contributed by atoms with Crippen molar-refractivity contribution in [1.82, 2.24) is 16.0 Å². The van der Waals surface area contributed by atoms with Gasteiger partial charge in [-0.3, -0.25) is 5.32 Å². The molecule has 0 radical (unpaired) electrons. The van der Waals surface area contributed by atoms with E-state index in [0.29, 0.717) is 12.6 Å². The Morgan fingerprint density at radius 3 is 2.44 bits per heavy atom. The van der Waals surface area contributed by atoms with Gasteiger partial charge in [-0.05, 0) is 62.1 Å². The van der Waals surface area contributed by atoms with Crippen LogP contribution < -0.4 is 16.0 Å². The highest BCUT2D eigenvalue weighted by Crippen LogP contribution is 2.19. The van der Waals surface area contributed by atoms with Gasteiger partial charge < -0.3 is 10.6 Å². The fourth-order valence-corrected chi connectivity index (χ4v) is 4.37. The summed E-state index contributed by atoms with van der Waals surface area (Å²) < 4.78 is 0. The third kappa shape index (κ3) is 9.66. The van der Waals surface area contributed by atoms with Gasteiger partial charge in [0.05, 0.1) is 6.17 Å². The first-order valence-electron chi connectivity index (χ1n) is 12.9. The first-order valence-corrected chi connectivity index (χ1v) is 13.2. The van der Waals surface area contributed by atoms with Crippen molar-refractivity contribution in [1.29, 1.82) is 0 Å². The van der Waals surface area contributed by atoms with E-state index in [1.54, 1.807) is 0 Å². The van der Waals surface area contributed by atoms with Crippen LogP contribution >= 0.6 is 11.6 Å². The molecule has 1 aliphatic rings. The molecule has 0 saturated carbocycles. The summed E-state index contributed by atoms with van der Waals surface area (Å²) in [5, 5.41) is 11.6. The maximum Gasteiger partial charge on any atom is 0.0966 e. The lowest BCUT2D eigenvalue weighted by Crippen LogP contribution is -2.41. The van der Waals surface area contributed by atoms with Crippen LogP contribution in [0.15, 0.2) is 66.8 Å². The van der Waals surface area contributed by atoms with Gasteiger partial charge in [0.1, 0.15) is 0 Å². The number of benzene rings is 2. The highest BCUT2D eigenvalue weighted by atomic mass is 35.5. The van der Waals surface area contributed by atoms with Crippen molar-refractivity contribution in [3.8, 4) is 0 Å². The van der Waals surface area contributed by atoms with Gasteiger partial charge in [-0.15, -0.1) is 0 Å². The van der Waals surface area contributed by atoms with Crippen molar-refractivity contribution in [2.75, 3.05) is 6.54 Å². The van der Waals surface area contributed by atoms with Crippen molar-refractivity contribution in [2.24, 2.45) is 0 Å². The zero-order valence-corrected chi connectivity index (χ0v) is 22.3. The quantitative estimate of drug-likeness (QED) is 0.241. The Morgan fingerprint density at radius 1 is 1.12 bits per heavy atom. The van der Waals surface area contributed by atoms with E-state index >= 15 is 0 Å². The first-order chi connectivity index (χ1) is 16.5. The second-order valence-electron chi connectivity index (χ2n) is 9.15. The molecule has 1 saturated heterocycles. The minimum absolute atomic E-state index is 0.0397. The highest BCUT2D eigenvalue weighted by Gasteiger charge is 2.16. The maximum atomic E-state index is 6.35. The molecule has 34 heavy (non-hydrogen) atoms. The molecule has 2 atom stereocenters. The van der Waals surface area contributed by atoms with Crippen molar-refractivity contribution in [3.63, 3.8) is 0 Å². The molecule has 0 amide bonds. The summed E-state index contributed by atoms with van der Waals surface area (Å²) in [6.45, 7) is 14.8. The average molecular weight is 482 g/mol. The summed E-state index contributed by atoms with van der Waals surface area (Å²) in [6.07, 6.45) is 10.1. The van der Waals surface area contributed by atoms with Crippen LogP contribution in [0.3, 0.4) is 0 Å². The molecular weight excluding hydrogens is 438 g/mol. The molecule has 3 N–H and O–H groups in total. The predicted octanol–water partition coefficient (Wildman–Crippen LogP) is 7.61. The Balaban J connectivity index is 0.000000739. The monoisotopic (exact) mass is 481 g/mol. The van der Waals surface area contributed by atoms with E-state index in [9.17, 15) is 0 Å². The van der Waals surface area contributed by atoms with Gasteiger partial charge in [-0.25, -0.2) is 0 Å². The number of hydrogen-bond donors (Lipinski definition) is 3. The summed E-state index contributed by atoms with van der Waals surface area (Å²) in [5.74, 6) is 0. The van der Waals surface area contributed by atoms with Gasteiger partial charge in [-0.2, -0.15) is 0 Å². The minimum atomic E-state index is -0.0397. The minimum Gasteiger partial charge on any atom is -0.366 e. The van der Waals surface area contributed by atoms with Crippen molar-refractivity contribution in [2.45, 2.75) is 85.0 Å². The Labute approximate surface area is 213 Å². The molecule has 0 spiro atoms. The van der Waals surface area contributed by atoms with Crippen LogP contribution in [0, 0.1) is 6.92 Å². The van der Waals surface area contributed by atoms with Crippen LogP contribution in [-0.4, -0.2) is 18.8 Å². The number of hydrogen-bond acceptors (Lipinski definition) is 3. The van der Waals surface area contributed by atoms with Crippen LogP contribution in [0.1, 0.15) is 76.0 Å². The summed E-state index contributed by atoms with van der Waals surface area (Å²) >= 11 is 6.35. The van der Waals surface area contributed by atoms with Gasteiger partial charge in [-0.1, -0.05) is 106 Å². The van der Waals surface area contributed by atoms with E-state index in [4.69, 9.17) is 11.6 Å². The van der Waals surface area contributed by atoms with Crippen LogP contribution in [0.2, 0.25) is 5.02 Å². The number of unbranched alkanes of at least 4 members (excludes halogenated alkanes) is 2. The summed E-state index contributed by atoms with van der Waals surface area (Å²) in [5.41, 5.74) is 5.71. The van der Waals surface area contributed by atoms with Gasteiger partial charge in [0, 0.05) is 23.3 Å². The lowest BCUT2D eigenvalue weighted by molar-refractivity contribution is 0.435. The summed E-state index contributed by atoms with van der Waals surface area (Å²) in [4.78, 5) is 0. The zero-order chi connectivity index (χ0) is 24.8. The maximum absolute atomic E-state index is 6.35. The van der Waals surface area contributed by atoms with Crippen molar-refractivity contribution >= 4 is 17.3 Å². The zero-order valence-electron chi connectivity index (χ0n) is 21.6. The van der Waals surface area contributed by atoms with E-state index in [1.807, 2.05) is 18.2 Å². The topological polar surface area (TPSA) is 36.1 Å². The fraction of sp³-hybridized carbons (Fsp3) is 0.467. The molecule has 2 unspecified atom stereocenters. The number of halogens is 1. The molecular formula is C30H44ClN3. The number of nitrogens with one attached hydrogen (secondary N) is 3. The van der Waals surface area contributed by atoms with Gasteiger partial charge in [0.25, 0.3) is 0 Å². The second kappa shape index (κ2) is 15.8. The molecule has 3 nitrogen and oxygen atoms in total. The van der Waals surface area contributed by atoms with Crippen LogP contribution in [0.25, 0.3) is 5.70 Å². The smallest absolute Gasteiger partial charge is 0.0966 e. The Morgan fingerprint density at radius 2 is 1.82 bits per heavy atom. The van der Waals surface area contributed by atoms with E-state index < -0.39 is 0 Å². The van der Waals surface area contributed by atoms with Crippen LogP contribution in [0.4, 0.5) is 0 Å². The molecule has 1 heterocycles. The molecule has 1 aliphatic heterocycles.